The van der Waals surface area contributed by atoms with E-state index in [0.717, 1.165) is 19.5 Å². The quantitative estimate of drug-likeness (QED) is 0.707. The Labute approximate surface area is 119 Å². The van der Waals surface area contributed by atoms with Gasteiger partial charge in [0.1, 0.15) is 0 Å². The Morgan fingerprint density at radius 1 is 1.50 bits per heavy atom. The van der Waals surface area contributed by atoms with E-state index in [0.29, 0.717) is 18.6 Å². The number of hydrogen-bond donors (Lipinski definition) is 3. The van der Waals surface area contributed by atoms with Crippen LogP contribution in [-0.2, 0) is 17.7 Å². The van der Waals surface area contributed by atoms with Crippen LogP contribution in [0.5, 0.6) is 0 Å². The van der Waals surface area contributed by atoms with E-state index in [1.807, 2.05) is 18.2 Å². The molecule has 0 aliphatic carbocycles. The Balaban J connectivity index is 2.04. The fourth-order valence-electron chi connectivity index (χ4n) is 2.44. The van der Waals surface area contributed by atoms with E-state index in [9.17, 15) is 4.79 Å². The summed E-state index contributed by atoms with van der Waals surface area (Å²) >= 11 is 0. The number of nitrogens with one attached hydrogen (secondary N) is 2. The Morgan fingerprint density at radius 2 is 2.35 bits per heavy atom. The maximum atomic E-state index is 12.2. The molecule has 5 heteroatoms. The molecule has 20 heavy (non-hydrogen) atoms. The molecule has 0 saturated heterocycles. The summed E-state index contributed by atoms with van der Waals surface area (Å²) in [5.41, 5.74) is 3.16. The van der Waals surface area contributed by atoms with Gasteiger partial charge in [0.15, 0.2) is 0 Å². The number of aliphatic hydroxyl groups is 1. The number of hydrogen-bond acceptors (Lipinski definition) is 4. The normalized spacial score (nSPS) is 15.5. The van der Waals surface area contributed by atoms with Gasteiger partial charge in [0.25, 0.3) is 5.91 Å². The molecule has 0 saturated carbocycles. The summed E-state index contributed by atoms with van der Waals surface area (Å²) in [4.78, 5) is 12.2. The highest BCUT2D eigenvalue weighted by Crippen LogP contribution is 2.16. The molecule has 5 nitrogen and oxygen atoms in total. The molecule has 1 amide bonds. The predicted molar refractivity (Wildman–Crippen MR) is 76.7 cm³/mol. The lowest BCUT2D eigenvalue weighted by atomic mass is 9.98. The van der Waals surface area contributed by atoms with Crippen molar-refractivity contribution < 1.29 is 14.6 Å². The van der Waals surface area contributed by atoms with Gasteiger partial charge in [-0.15, -0.1) is 0 Å². The number of fused-ring (bicyclic) bond motifs is 1. The fourth-order valence-corrected chi connectivity index (χ4v) is 2.44. The lowest BCUT2D eigenvalue weighted by Crippen LogP contribution is -2.38. The fraction of sp³-hybridized carbons (Fsp3) is 0.533. The second-order valence-electron chi connectivity index (χ2n) is 5.05. The monoisotopic (exact) mass is 278 g/mol. The topological polar surface area (TPSA) is 70.6 Å². The first kappa shape index (κ1) is 15.0. The smallest absolute Gasteiger partial charge is 0.251 e. The van der Waals surface area contributed by atoms with Gasteiger partial charge in [0.05, 0.1) is 12.6 Å². The van der Waals surface area contributed by atoms with Gasteiger partial charge in [-0.1, -0.05) is 6.07 Å². The summed E-state index contributed by atoms with van der Waals surface area (Å²) in [5, 5.41) is 15.2. The number of carbonyl (C=O) groups is 1. The minimum atomic E-state index is -0.161. The minimum Gasteiger partial charge on any atom is -0.396 e. The molecule has 1 aliphatic rings. The molecule has 1 atom stereocenters. The van der Waals surface area contributed by atoms with Crippen LogP contribution < -0.4 is 10.6 Å². The number of rotatable bonds is 6. The average Bonchev–Trinajstić information content (AvgIpc) is 2.47. The summed E-state index contributed by atoms with van der Waals surface area (Å²) < 4.78 is 5.05. The Hall–Kier alpha value is -1.43. The van der Waals surface area contributed by atoms with Gasteiger partial charge in [-0.3, -0.25) is 4.79 Å². The zero-order chi connectivity index (χ0) is 14.4. The molecule has 2 rings (SSSR count). The van der Waals surface area contributed by atoms with Crippen molar-refractivity contribution in [3.63, 3.8) is 0 Å². The van der Waals surface area contributed by atoms with Gasteiger partial charge in [0.2, 0.25) is 0 Å². The SMILES string of the molecule is COCC(CCO)NC(=O)c1ccc2c(c1)CNCC2. The standard InChI is InChI=1S/C15H22N2O3/c1-20-10-14(5-7-18)17-15(19)12-3-2-11-4-6-16-9-13(11)8-12/h2-3,8,14,16,18H,4-7,9-10H2,1H3,(H,17,19). The van der Waals surface area contributed by atoms with Crippen LogP contribution in [0.3, 0.4) is 0 Å². The van der Waals surface area contributed by atoms with E-state index >= 15 is 0 Å². The molecule has 1 unspecified atom stereocenters. The first-order chi connectivity index (χ1) is 9.74. The zero-order valence-corrected chi connectivity index (χ0v) is 11.8. The van der Waals surface area contributed by atoms with Crippen LogP contribution in [0.4, 0.5) is 0 Å². The zero-order valence-electron chi connectivity index (χ0n) is 11.8. The molecule has 0 radical (unpaired) electrons. The van der Waals surface area contributed by atoms with Crippen LogP contribution in [0, 0.1) is 0 Å². The van der Waals surface area contributed by atoms with Gasteiger partial charge in [-0.2, -0.15) is 0 Å². The summed E-state index contributed by atoms with van der Waals surface area (Å²) in [6.07, 6.45) is 1.50. The maximum absolute atomic E-state index is 12.2. The Kier molecular flexibility index (Phi) is 5.52. The second-order valence-corrected chi connectivity index (χ2v) is 5.05. The van der Waals surface area contributed by atoms with Crippen molar-refractivity contribution in [2.45, 2.75) is 25.4 Å². The molecular formula is C15H22N2O3. The molecule has 1 aliphatic heterocycles. The van der Waals surface area contributed by atoms with Gasteiger partial charge in [0, 0.05) is 25.8 Å². The Bertz CT molecular complexity index is 456. The molecule has 0 spiro atoms. The van der Waals surface area contributed by atoms with E-state index in [-0.39, 0.29) is 18.6 Å². The van der Waals surface area contributed by atoms with Crippen molar-refractivity contribution in [2.24, 2.45) is 0 Å². The van der Waals surface area contributed by atoms with Crippen molar-refractivity contribution in [2.75, 3.05) is 26.9 Å². The molecule has 1 aromatic rings. The maximum Gasteiger partial charge on any atom is 0.251 e. The van der Waals surface area contributed by atoms with Gasteiger partial charge >= 0.3 is 0 Å². The van der Waals surface area contributed by atoms with Crippen LogP contribution in [0.25, 0.3) is 0 Å². The number of aliphatic hydroxyl groups excluding tert-OH is 1. The highest BCUT2D eigenvalue weighted by molar-refractivity contribution is 5.94. The predicted octanol–water partition coefficient (Wildman–Crippen LogP) is 0.459. The van der Waals surface area contributed by atoms with E-state index in [4.69, 9.17) is 9.84 Å². The van der Waals surface area contributed by atoms with E-state index in [2.05, 4.69) is 10.6 Å². The highest BCUT2D eigenvalue weighted by Gasteiger charge is 2.15. The van der Waals surface area contributed by atoms with Crippen molar-refractivity contribution >= 4 is 5.91 Å². The molecular weight excluding hydrogens is 256 g/mol. The third-order valence-corrected chi connectivity index (χ3v) is 3.54. The summed E-state index contributed by atoms with van der Waals surface area (Å²) in [6, 6.07) is 5.68. The van der Waals surface area contributed by atoms with E-state index < -0.39 is 0 Å². The number of amides is 1. The van der Waals surface area contributed by atoms with Crippen LogP contribution in [0.1, 0.15) is 27.9 Å². The number of ether oxygens (including phenoxy) is 1. The molecule has 110 valence electrons. The summed E-state index contributed by atoms with van der Waals surface area (Å²) in [6.45, 7) is 2.24. The first-order valence-electron chi connectivity index (χ1n) is 6.97. The minimum absolute atomic E-state index is 0.0302. The lowest BCUT2D eigenvalue weighted by molar-refractivity contribution is 0.0878. The van der Waals surface area contributed by atoms with Crippen molar-refractivity contribution in [3.05, 3.63) is 34.9 Å². The van der Waals surface area contributed by atoms with Gasteiger partial charge in [-0.25, -0.2) is 0 Å². The number of carbonyl (C=O) groups excluding carboxylic acids is 1. The summed E-state index contributed by atoms with van der Waals surface area (Å²) in [5.74, 6) is -0.117. The molecule has 3 N–H and O–H groups in total. The molecule has 1 heterocycles. The highest BCUT2D eigenvalue weighted by atomic mass is 16.5. The van der Waals surface area contributed by atoms with Crippen LogP contribution in [0.15, 0.2) is 18.2 Å². The molecule has 0 fully saturated rings. The average molecular weight is 278 g/mol. The van der Waals surface area contributed by atoms with Crippen molar-refractivity contribution in [1.29, 1.82) is 0 Å². The lowest BCUT2D eigenvalue weighted by Gasteiger charge is -2.19. The first-order valence-corrected chi connectivity index (χ1v) is 6.97. The van der Waals surface area contributed by atoms with Gasteiger partial charge in [-0.05, 0) is 42.6 Å². The van der Waals surface area contributed by atoms with Crippen molar-refractivity contribution in [3.8, 4) is 0 Å². The summed E-state index contributed by atoms with van der Waals surface area (Å²) in [7, 11) is 1.58. The van der Waals surface area contributed by atoms with E-state index in [1.54, 1.807) is 7.11 Å². The third-order valence-electron chi connectivity index (χ3n) is 3.54. The molecule has 0 aromatic heterocycles. The molecule has 0 bridgehead atoms. The van der Waals surface area contributed by atoms with Crippen LogP contribution >= 0.6 is 0 Å². The molecule has 1 aromatic carbocycles. The number of methoxy groups -OCH3 is 1. The van der Waals surface area contributed by atoms with Crippen molar-refractivity contribution in [1.82, 2.24) is 10.6 Å². The van der Waals surface area contributed by atoms with Gasteiger partial charge < -0.3 is 20.5 Å². The third kappa shape index (κ3) is 3.79. The van der Waals surface area contributed by atoms with E-state index in [1.165, 1.54) is 11.1 Å². The van der Waals surface area contributed by atoms with Crippen LogP contribution in [0.2, 0.25) is 0 Å². The van der Waals surface area contributed by atoms with Crippen LogP contribution in [-0.4, -0.2) is 43.9 Å². The largest absolute Gasteiger partial charge is 0.396 e. The number of benzene rings is 1. The Morgan fingerprint density at radius 3 is 3.10 bits per heavy atom. The second kappa shape index (κ2) is 7.38.